The van der Waals surface area contributed by atoms with Gasteiger partial charge in [-0.15, -0.1) is 11.3 Å². The van der Waals surface area contributed by atoms with Gasteiger partial charge in [0.2, 0.25) is 0 Å². The van der Waals surface area contributed by atoms with E-state index in [1.54, 1.807) is 11.3 Å². The van der Waals surface area contributed by atoms with Crippen LogP contribution in [0.3, 0.4) is 0 Å². The van der Waals surface area contributed by atoms with E-state index in [1.165, 1.54) is 9.40 Å². The Hall–Kier alpha value is -5.93. The number of nitrogens with two attached hydrogens (primary N) is 6. The van der Waals surface area contributed by atoms with Gasteiger partial charge in [0.15, 0.2) is 17.9 Å². The smallest absolute Gasteiger partial charge is 0.185 e. The molecule has 4 aromatic carbocycles. The Labute approximate surface area is 325 Å². The minimum atomic E-state index is 0.0613. The zero-order chi connectivity index (χ0) is 39.0. The van der Waals surface area contributed by atoms with Gasteiger partial charge < -0.3 is 58.7 Å². The molecule has 5 rings (SSSR count). The zero-order valence-electron chi connectivity index (χ0n) is 31.3. The van der Waals surface area contributed by atoms with E-state index in [1.807, 2.05) is 37.4 Å². The van der Waals surface area contributed by atoms with E-state index in [4.69, 9.17) is 53.3 Å². The van der Waals surface area contributed by atoms with Gasteiger partial charge in [0, 0.05) is 71.2 Å². The molecule has 1 heterocycles. The summed E-state index contributed by atoms with van der Waals surface area (Å²) in [4.78, 5) is 12.1. The first-order chi connectivity index (χ1) is 26.7. The molecule has 15 heteroatoms. The van der Waals surface area contributed by atoms with E-state index in [2.05, 4.69) is 62.8 Å². The van der Waals surface area contributed by atoms with Gasteiger partial charge in [-0.1, -0.05) is 12.1 Å². The van der Waals surface area contributed by atoms with Gasteiger partial charge in [0.25, 0.3) is 0 Å². The molecule has 0 amide bonds. The molecule has 0 bridgehead atoms. The lowest BCUT2D eigenvalue weighted by Gasteiger charge is -2.13. The van der Waals surface area contributed by atoms with Gasteiger partial charge in [-0.2, -0.15) is 0 Å². The fourth-order valence-corrected chi connectivity index (χ4v) is 6.84. The van der Waals surface area contributed by atoms with Crippen LogP contribution in [0.1, 0.15) is 25.7 Å². The number of nitrogens with one attached hydrogen (secondary N) is 1. The topological polar surface area (TPSA) is 242 Å². The molecule has 1 aromatic heterocycles. The number of nitrogens with zero attached hydrogens (tertiary/aromatic N) is 3. The minimum absolute atomic E-state index is 0.0613. The van der Waals surface area contributed by atoms with Crippen LogP contribution in [0.2, 0.25) is 0 Å². The maximum absolute atomic E-state index is 6.16. The van der Waals surface area contributed by atoms with Crippen LogP contribution in [0.5, 0.6) is 23.0 Å². The molecule has 0 aliphatic heterocycles. The van der Waals surface area contributed by atoms with Crippen LogP contribution in [-0.2, 0) is 0 Å². The van der Waals surface area contributed by atoms with E-state index in [0.717, 1.165) is 57.5 Å². The lowest BCUT2D eigenvalue weighted by molar-refractivity contribution is 0.296. The number of thiophene rings is 1. The summed E-state index contributed by atoms with van der Waals surface area (Å²) in [7, 11) is 1.93. The summed E-state index contributed by atoms with van der Waals surface area (Å²) in [5.41, 5.74) is 36.9. The Morgan fingerprint density at radius 1 is 0.491 bits per heavy atom. The third kappa shape index (κ3) is 12.6. The fraction of sp³-hybridized carbons (Fsp3) is 0.325. The summed E-state index contributed by atoms with van der Waals surface area (Å²) in [6.07, 6.45) is 2.87. The van der Waals surface area contributed by atoms with Crippen molar-refractivity contribution in [3.05, 3.63) is 72.8 Å². The van der Waals surface area contributed by atoms with Crippen LogP contribution in [0.25, 0.3) is 42.4 Å². The first kappa shape index (κ1) is 40.3. The number of guanidine groups is 3. The monoisotopic (exact) mass is 768 g/mol. The predicted octanol–water partition coefficient (Wildman–Crippen LogP) is 4.50. The number of hydrogen-bond donors (Lipinski definition) is 7. The van der Waals surface area contributed by atoms with Crippen molar-refractivity contribution in [1.29, 1.82) is 0 Å². The van der Waals surface area contributed by atoms with Gasteiger partial charge in [-0.25, -0.2) is 0 Å². The average Bonchev–Trinajstić information content (AvgIpc) is 3.53. The highest BCUT2D eigenvalue weighted by molar-refractivity contribution is 7.25. The summed E-state index contributed by atoms with van der Waals surface area (Å²) < 4.78 is 27.0. The van der Waals surface area contributed by atoms with Gasteiger partial charge in [-0.3, -0.25) is 15.0 Å². The van der Waals surface area contributed by atoms with Crippen molar-refractivity contribution in [2.45, 2.75) is 25.7 Å². The molecule has 0 saturated heterocycles. The van der Waals surface area contributed by atoms with E-state index in [0.29, 0.717) is 76.8 Å². The molecular formula is C40H52N10O4S. The lowest BCUT2D eigenvalue weighted by atomic mass is 9.99. The van der Waals surface area contributed by atoms with Gasteiger partial charge >= 0.3 is 0 Å². The van der Waals surface area contributed by atoms with Crippen LogP contribution >= 0.6 is 11.3 Å². The van der Waals surface area contributed by atoms with Gasteiger partial charge in [0.1, 0.15) is 23.0 Å². The van der Waals surface area contributed by atoms with Crippen LogP contribution in [0, 0.1) is 0 Å². The molecule has 5 aromatic rings. The minimum Gasteiger partial charge on any atom is -0.493 e. The normalized spacial score (nSPS) is 10.9. The Morgan fingerprint density at radius 2 is 0.855 bits per heavy atom. The SMILES string of the molecule is CNCCCOc1cc(OCCCN=C(N)N)cc(-c2ccc3sc4ccc(-c5cc(OCCCN=C(N)N)cc(OCCCN=C(N)N)c5)cc4c3c2)c1. The molecule has 0 radical (unpaired) electrons. The van der Waals surface area contributed by atoms with Gasteiger partial charge in [-0.05, 0) is 90.8 Å². The van der Waals surface area contributed by atoms with Crippen molar-refractivity contribution >= 4 is 49.4 Å². The number of hydrogen-bond acceptors (Lipinski definition) is 9. The Bertz CT molecular complexity index is 2060. The Kier molecular flexibility index (Phi) is 15.0. The van der Waals surface area contributed by atoms with Crippen LogP contribution < -0.4 is 58.7 Å². The standard InChI is InChI=1S/C40H52N10O4S/c1-47-10-2-14-51-30-18-28(19-31(24-30)52-15-3-11-48-38(41)42)26-6-8-36-34(22-26)35-23-27(7-9-37(35)55-36)29-20-32(53-16-4-12-49-39(43)44)25-33(21-29)54-17-5-13-50-40(45)46/h6-9,18-25,47H,2-5,10-17H2,1H3,(H4,41,42,48)(H4,43,44,49)(H4,45,46,50). The molecule has 55 heavy (non-hydrogen) atoms. The quantitative estimate of drug-likeness (QED) is 0.0294. The van der Waals surface area contributed by atoms with Crippen molar-refractivity contribution in [3.63, 3.8) is 0 Å². The van der Waals surface area contributed by atoms with Crippen molar-refractivity contribution < 1.29 is 18.9 Å². The third-order valence-electron chi connectivity index (χ3n) is 8.33. The highest BCUT2D eigenvalue weighted by Crippen LogP contribution is 2.40. The molecule has 292 valence electrons. The second-order valence-electron chi connectivity index (χ2n) is 12.7. The zero-order valence-corrected chi connectivity index (χ0v) is 32.1. The van der Waals surface area contributed by atoms with Crippen molar-refractivity contribution in [2.24, 2.45) is 49.4 Å². The van der Waals surface area contributed by atoms with Crippen LogP contribution in [0.4, 0.5) is 0 Å². The first-order valence-corrected chi connectivity index (χ1v) is 19.1. The van der Waals surface area contributed by atoms with Gasteiger partial charge in [0.05, 0.1) is 26.4 Å². The number of benzene rings is 4. The van der Waals surface area contributed by atoms with E-state index in [9.17, 15) is 0 Å². The summed E-state index contributed by atoms with van der Waals surface area (Å²) in [6, 6.07) is 25.1. The summed E-state index contributed by atoms with van der Waals surface area (Å²) >= 11 is 1.76. The molecule has 0 aliphatic carbocycles. The second kappa shape index (κ2) is 20.5. The maximum atomic E-state index is 6.16. The third-order valence-corrected chi connectivity index (χ3v) is 9.48. The number of rotatable bonds is 22. The molecule has 0 unspecified atom stereocenters. The highest BCUT2D eigenvalue weighted by Gasteiger charge is 2.13. The number of aliphatic imine (C=N–C) groups is 3. The molecule has 14 nitrogen and oxygen atoms in total. The maximum Gasteiger partial charge on any atom is 0.185 e. The Morgan fingerprint density at radius 3 is 1.20 bits per heavy atom. The number of fused-ring (bicyclic) bond motifs is 3. The summed E-state index contributed by atoms with van der Waals surface area (Å²) in [6.45, 7) is 4.23. The van der Waals surface area contributed by atoms with E-state index in [-0.39, 0.29) is 17.9 Å². The van der Waals surface area contributed by atoms with Crippen molar-refractivity contribution in [3.8, 4) is 45.3 Å². The molecule has 0 saturated carbocycles. The van der Waals surface area contributed by atoms with Crippen molar-refractivity contribution in [1.82, 2.24) is 5.32 Å². The predicted molar refractivity (Wildman–Crippen MR) is 227 cm³/mol. The molecular weight excluding hydrogens is 717 g/mol. The van der Waals surface area contributed by atoms with Crippen molar-refractivity contribution in [2.75, 3.05) is 59.7 Å². The second-order valence-corrected chi connectivity index (χ2v) is 13.8. The Balaban J connectivity index is 1.44. The highest BCUT2D eigenvalue weighted by atomic mass is 32.1. The van der Waals surface area contributed by atoms with Crippen LogP contribution in [0.15, 0.2) is 87.8 Å². The molecule has 0 spiro atoms. The average molecular weight is 769 g/mol. The fourth-order valence-electron chi connectivity index (χ4n) is 5.77. The van der Waals surface area contributed by atoms with Crippen LogP contribution in [-0.4, -0.2) is 77.5 Å². The largest absolute Gasteiger partial charge is 0.493 e. The molecule has 0 atom stereocenters. The summed E-state index contributed by atoms with van der Waals surface area (Å²) in [5.74, 6) is 3.03. The van der Waals surface area contributed by atoms with E-state index < -0.39 is 0 Å². The summed E-state index contributed by atoms with van der Waals surface area (Å²) in [5, 5.41) is 5.47. The van der Waals surface area contributed by atoms with E-state index >= 15 is 0 Å². The lowest BCUT2D eigenvalue weighted by Crippen LogP contribution is -2.23. The molecule has 0 fully saturated rings. The molecule has 13 N–H and O–H groups in total. The molecule has 0 aliphatic rings. The first-order valence-electron chi connectivity index (χ1n) is 18.3. The number of ether oxygens (including phenoxy) is 4.